The maximum atomic E-state index is 12.2. The number of nitrogens with zero attached hydrogens (tertiary/aromatic N) is 2. The molecular weight excluding hydrogens is 414 g/mol. The maximum Gasteiger partial charge on any atom is 0.327 e. The van der Waals surface area contributed by atoms with Crippen molar-refractivity contribution in [1.82, 2.24) is 0 Å². The predicted molar refractivity (Wildman–Crippen MR) is 111 cm³/mol. The van der Waals surface area contributed by atoms with Crippen molar-refractivity contribution in [2.45, 2.75) is 13.8 Å². The van der Waals surface area contributed by atoms with Crippen molar-refractivity contribution in [3.8, 4) is 0 Å². The van der Waals surface area contributed by atoms with Gasteiger partial charge in [-0.3, -0.25) is 24.0 Å². The Labute approximate surface area is 173 Å². The highest BCUT2D eigenvalue weighted by molar-refractivity contribution is 7.92. The molecule has 0 spiro atoms. The molecule has 11 heteroatoms. The van der Waals surface area contributed by atoms with Crippen LogP contribution in [-0.2, 0) is 24.3 Å². The van der Waals surface area contributed by atoms with Gasteiger partial charge in [0.05, 0.1) is 28.1 Å². The van der Waals surface area contributed by atoms with Crippen LogP contribution < -0.4 is 9.62 Å². The summed E-state index contributed by atoms with van der Waals surface area (Å²) in [6.45, 7) is 1.90. The number of nitrogens with one attached hydrogen (secondary N) is 1. The minimum absolute atomic E-state index is 0.160. The van der Waals surface area contributed by atoms with Gasteiger partial charge < -0.3 is 10.1 Å². The molecule has 10 nitrogen and oxygen atoms in total. The van der Waals surface area contributed by atoms with Gasteiger partial charge in [-0.25, -0.2) is 8.42 Å². The lowest BCUT2D eigenvalue weighted by Crippen LogP contribution is -2.37. The molecule has 2 aromatic carbocycles. The molecule has 0 saturated heterocycles. The van der Waals surface area contributed by atoms with Gasteiger partial charge in [0.1, 0.15) is 6.54 Å². The molecule has 2 aromatic rings. The van der Waals surface area contributed by atoms with Gasteiger partial charge in [-0.05, 0) is 31.5 Å². The van der Waals surface area contributed by atoms with Gasteiger partial charge in [-0.1, -0.05) is 24.3 Å². The Balaban J connectivity index is 2.03. The Kier molecular flexibility index (Phi) is 7.11. The fourth-order valence-electron chi connectivity index (χ4n) is 2.68. The Morgan fingerprint density at radius 2 is 1.80 bits per heavy atom. The number of aryl methyl sites for hydroxylation is 1. The Bertz CT molecular complexity index is 1080. The Morgan fingerprint density at radius 3 is 2.40 bits per heavy atom. The van der Waals surface area contributed by atoms with Crippen LogP contribution in [0.4, 0.5) is 17.1 Å². The second kappa shape index (κ2) is 9.35. The molecule has 2 rings (SSSR count). The molecule has 0 unspecified atom stereocenters. The fourth-order valence-corrected chi connectivity index (χ4v) is 3.58. The third-order valence-corrected chi connectivity index (χ3v) is 5.32. The quantitative estimate of drug-likeness (QED) is 0.381. The Morgan fingerprint density at radius 1 is 1.13 bits per heavy atom. The maximum absolute atomic E-state index is 12.2. The van der Waals surface area contributed by atoms with Crippen LogP contribution in [0.15, 0.2) is 42.5 Å². The number of hydrogen-bond acceptors (Lipinski definition) is 7. The van der Waals surface area contributed by atoms with Crippen LogP contribution in [-0.4, -0.2) is 44.6 Å². The molecule has 160 valence electrons. The molecule has 0 aliphatic carbocycles. The predicted octanol–water partition coefficient (Wildman–Crippen LogP) is 2.16. The highest BCUT2D eigenvalue weighted by Crippen LogP contribution is 2.25. The molecule has 0 atom stereocenters. The van der Waals surface area contributed by atoms with E-state index in [2.05, 4.69) is 5.32 Å². The summed E-state index contributed by atoms with van der Waals surface area (Å²) in [4.78, 5) is 34.6. The van der Waals surface area contributed by atoms with E-state index in [0.29, 0.717) is 11.3 Å². The van der Waals surface area contributed by atoms with E-state index in [-0.39, 0.29) is 16.9 Å². The summed E-state index contributed by atoms with van der Waals surface area (Å²) < 4.78 is 30.0. The summed E-state index contributed by atoms with van der Waals surface area (Å²) in [6, 6.07) is 10.8. The number of hydrogen-bond donors (Lipinski definition) is 1. The van der Waals surface area contributed by atoms with Crippen LogP contribution in [0.1, 0.15) is 11.1 Å². The van der Waals surface area contributed by atoms with Crippen molar-refractivity contribution < 1.29 is 27.7 Å². The molecule has 0 aliphatic heterocycles. The minimum Gasteiger partial charge on any atom is -0.454 e. The molecule has 0 fully saturated rings. The first kappa shape index (κ1) is 22.8. The van der Waals surface area contributed by atoms with Gasteiger partial charge in [0.15, 0.2) is 6.61 Å². The number of rotatable bonds is 8. The highest BCUT2D eigenvalue weighted by Gasteiger charge is 2.23. The van der Waals surface area contributed by atoms with Crippen molar-refractivity contribution in [2.24, 2.45) is 0 Å². The molecule has 1 N–H and O–H groups in total. The molecule has 30 heavy (non-hydrogen) atoms. The van der Waals surface area contributed by atoms with Gasteiger partial charge in [0.25, 0.3) is 11.6 Å². The van der Waals surface area contributed by atoms with Gasteiger partial charge >= 0.3 is 5.97 Å². The molecule has 0 saturated carbocycles. The van der Waals surface area contributed by atoms with Crippen LogP contribution in [0.25, 0.3) is 0 Å². The molecular formula is C19H21N3O7S. The molecule has 0 aromatic heterocycles. The number of amides is 1. The summed E-state index contributed by atoms with van der Waals surface area (Å²) in [5.41, 5.74) is 1.28. The number of benzene rings is 2. The zero-order valence-electron chi connectivity index (χ0n) is 16.6. The van der Waals surface area contributed by atoms with Gasteiger partial charge in [-0.15, -0.1) is 0 Å². The second-order valence-corrected chi connectivity index (χ2v) is 8.38. The zero-order valence-corrected chi connectivity index (χ0v) is 17.4. The van der Waals surface area contributed by atoms with Gasteiger partial charge in [-0.2, -0.15) is 0 Å². The SMILES string of the molecule is Cc1ccccc1N(CC(=O)OCC(=O)Nc1cccc([N+](=O)[O-])c1C)S(C)(=O)=O. The van der Waals surface area contributed by atoms with Crippen LogP contribution in [0.2, 0.25) is 0 Å². The molecule has 1 amide bonds. The zero-order chi connectivity index (χ0) is 22.5. The van der Waals surface area contributed by atoms with Crippen molar-refractivity contribution in [3.63, 3.8) is 0 Å². The number of ether oxygens (including phenoxy) is 1. The summed E-state index contributed by atoms with van der Waals surface area (Å²) in [5, 5.41) is 13.4. The number of carbonyl (C=O) groups is 2. The molecule has 0 aliphatic rings. The third-order valence-electron chi connectivity index (χ3n) is 4.20. The van der Waals surface area contributed by atoms with E-state index in [1.165, 1.54) is 25.1 Å². The summed E-state index contributed by atoms with van der Waals surface area (Å²) in [5.74, 6) is -1.64. The summed E-state index contributed by atoms with van der Waals surface area (Å²) in [6.07, 6.45) is 0.963. The largest absolute Gasteiger partial charge is 0.454 e. The third kappa shape index (κ3) is 5.77. The number of nitro benzene ring substituents is 1. The lowest BCUT2D eigenvalue weighted by molar-refractivity contribution is -0.385. The number of esters is 1. The van der Waals surface area contributed by atoms with E-state index in [4.69, 9.17) is 4.74 Å². The number of anilines is 2. The van der Waals surface area contributed by atoms with Crippen LogP contribution in [0.3, 0.4) is 0 Å². The van der Waals surface area contributed by atoms with E-state index >= 15 is 0 Å². The number of para-hydroxylation sites is 1. The van der Waals surface area contributed by atoms with Crippen LogP contribution >= 0.6 is 0 Å². The highest BCUT2D eigenvalue weighted by atomic mass is 32.2. The first-order chi connectivity index (χ1) is 14.0. The van der Waals surface area contributed by atoms with Gasteiger partial charge in [0.2, 0.25) is 10.0 Å². The van der Waals surface area contributed by atoms with Crippen LogP contribution in [0.5, 0.6) is 0 Å². The topological polar surface area (TPSA) is 136 Å². The van der Waals surface area contributed by atoms with E-state index < -0.39 is 40.0 Å². The van der Waals surface area contributed by atoms with Crippen molar-refractivity contribution >= 4 is 39.0 Å². The second-order valence-electron chi connectivity index (χ2n) is 6.47. The average molecular weight is 435 g/mol. The minimum atomic E-state index is -3.77. The summed E-state index contributed by atoms with van der Waals surface area (Å²) >= 11 is 0. The standard InChI is InChI=1S/C19H21N3O7S/c1-13-7-4-5-9-16(13)21(30(3,27)28)11-19(24)29-12-18(23)20-15-8-6-10-17(14(15)2)22(25)26/h4-10H,11-12H2,1-3H3,(H,20,23). The first-order valence-corrected chi connectivity index (χ1v) is 10.6. The van der Waals surface area contributed by atoms with Crippen molar-refractivity contribution in [3.05, 3.63) is 63.7 Å². The monoisotopic (exact) mass is 435 g/mol. The number of sulfonamides is 1. The van der Waals surface area contributed by atoms with E-state index in [1.807, 2.05) is 0 Å². The molecule has 0 radical (unpaired) electrons. The van der Waals surface area contributed by atoms with Crippen molar-refractivity contribution in [2.75, 3.05) is 29.0 Å². The average Bonchev–Trinajstić information content (AvgIpc) is 2.66. The summed E-state index contributed by atoms with van der Waals surface area (Å²) in [7, 11) is -3.77. The first-order valence-electron chi connectivity index (χ1n) is 8.73. The van der Waals surface area contributed by atoms with E-state index in [1.54, 1.807) is 31.2 Å². The molecule has 0 heterocycles. The Hall–Kier alpha value is -3.47. The fraction of sp³-hybridized carbons (Fsp3) is 0.263. The van der Waals surface area contributed by atoms with Crippen LogP contribution in [0, 0.1) is 24.0 Å². The number of carbonyl (C=O) groups excluding carboxylic acids is 2. The van der Waals surface area contributed by atoms with Gasteiger partial charge in [0, 0.05) is 6.07 Å². The lowest BCUT2D eigenvalue weighted by atomic mass is 10.1. The lowest BCUT2D eigenvalue weighted by Gasteiger charge is -2.23. The number of nitro groups is 1. The smallest absolute Gasteiger partial charge is 0.327 e. The normalized spacial score (nSPS) is 10.9. The van der Waals surface area contributed by atoms with E-state index in [9.17, 15) is 28.1 Å². The van der Waals surface area contributed by atoms with E-state index in [0.717, 1.165) is 10.6 Å². The molecule has 0 bridgehead atoms. The van der Waals surface area contributed by atoms with Crippen molar-refractivity contribution in [1.29, 1.82) is 0 Å².